The summed E-state index contributed by atoms with van der Waals surface area (Å²) in [5.41, 5.74) is 10.3. The summed E-state index contributed by atoms with van der Waals surface area (Å²) in [6.07, 6.45) is 4.30. The first-order chi connectivity index (χ1) is 14.3. The molecule has 4 heterocycles. The molecule has 1 aliphatic rings. The number of rotatable bonds is 3. The van der Waals surface area contributed by atoms with E-state index in [9.17, 15) is 5.26 Å². The third-order valence-corrected chi connectivity index (χ3v) is 5.09. The SMILES string of the molecule is N#Cc1ccccc1-c1nc(N)n2nc(C3CCOC3)nc2c1-c1ccncc1. The van der Waals surface area contributed by atoms with Crippen molar-refractivity contribution in [3.05, 3.63) is 60.2 Å². The number of nitriles is 1. The van der Waals surface area contributed by atoms with E-state index in [4.69, 9.17) is 15.5 Å². The summed E-state index contributed by atoms with van der Waals surface area (Å²) in [5.74, 6) is 1.05. The van der Waals surface area contributed by atoms with Crippen molar-refractivity contribution in [1.82, 2.24) is 24.6 Å². The molecule has 0 amide bonds. The zero-order chi connectivity index (χ0) is 19.8. The molecule has 142 valence electrons. The van der Waals surface area contributed by atoms with Crippen LogP contribution in [0.25, 0.3) is 28.0 Å². The topological polar surface area (TPSA) is 115 Å². The van der Waals surface area contributed by atoms with E-state index in [2.05, 4.69) is 21.1 Å². The number of aromatic nitrogens is 5. The maximum Gasteiger partial charge on any atom is 0.223 e. The van der Waals surface area contributed by atoms with E-state index in [0.717, 1.165) is 17.5 Å². The molecule has 8 nitrogen and oxygen atoms in total. The van der Waals surface area contributed by atoms with Gasteiger partial charge in [0.05, 0.1) is 29.5 Å². The number of nitrogens with zero attached hydrogens (tertiary/aromatic N) is 6. The molecular formula is C21H17N7O. The normalized spacial score (nSPS) is 16.2. The standard InChI is InChI=1S/C21H17N7O/c22-11-14-3-1-2-4-16(14)18-17(13-5-8-24-9-6-13)20-26-19(15-7-10-29-12-15)27-28(20)21(23)25-18/h1-6,8-9,15H,7,10,12H2,(H2,23,25). The Kier molecular flexibility index (Phi) is 4.15. The highest BCUT2D eigenvalue weighted by atomic mass is 16.5. The summed E-state index contributed by atoms with van der Waals surface area (Å²) in [5, 5.41) is 14.2. The zero-order valence-electron chi connectivity index (χ0n) is 15.5. The van der Waals surface area contributed by atoms with Gasteiger partial charge in [-0.1, -0.05) is 18.2 Å². The largest absolute Gasteiger partial charge is 0.381 e. The van der Waals surface area contributed by atoms with Crippen molar-refractivity contribution in [2.75, 3.05) is 18.9 Å². The fraction of sp³-hybridized carbons (Fsp3) is 0.190. The fourth-order valence-corrected chi connectivity index (χ4v) is 3.65. The molecule has 4 aromatic rings. The molecule has 1 aromatic carbocycles. The van der Waals surface area contributed by atoms with Crippen LogP contribution in [-0.4, -0.2) is 37.8 Å². The maximum absolute atomic E-state index is 9.61. The number of fused-ring (bicyclic) bond motifs is 1. The van der Waals surface area contributed by atoms with Gasteiger partial charge < -0.3 is 10.5 Å². The van der Waals surface area contributed by atoms with E-state index in [1.54, 1.807) is 23.0 Å². The van der Waals surface area contributed by atoms with Gasteiger partial charge in [-0.05, 0) is 30.2 Å². The number of hydrogen-bond acceptors (Lipinski definition) is 7. The third-order valence-electron chi connectivity index (χ3n) is 5.09. The highest BCUT2D eigenvalue weighted by molar-refractivity contribution is 5.91. The first-order valence-electron chi connectivity index (χ1n) is 9.30. The number of ether oxygens (including phenoxy) is 1. The molecule has 5 rings (SSSR count). The van der Waals surface area contributed by atoms with Crippen molar-refractivity contribution < 1.29 is 4.74 Å². The molecule has 1 atom stereocenters. The molecule has 2 N–H and O–H groups in total. The first kappa shape index (κ1) is 17.3. The first-order valence-corrected chi connectivity index (χ1v) is 9.30. The molecule has 1 aliphatic heterocycles. The lowest BCUT2D eigenvalue weighted by atomic mass is 9.97. The molecule has 0 saturated carbocycles. The summed E-state index contributed by atoms with van der Waals surface area (Å²) in [6, 6.07) is 13.3. The second kappa shape index (κ2) is 6.96. The molecular weight excluding hydrogens is 366 g/mol. The zero-order valence-corrected chi connectivity index (χ0v) is 15.5. The van der Waals surface area contributed by atoms with Crippen molar-refractivity contribution in [1.29, 1.82) is 5.26 Å². The highest BCUT2D eigenvalue weighted by Crippen LogP contribution is 2.36. The minimum atomic E-state index is 0.134. The van der Waals surface area contributed by atoms with Crippen LogP contribution in [-0.2, 0) is 4.74 Å². The van der Waals surface area contributed by atoms with Crippen LogP contribution in [0.5, 0.6) is 0 Å². The predicted octanol–water partition coefficient (Wildman–Crippen LogP) is 2.81. The van der Waals surface area contributed by atoms with Crippen LogP contribution in [0.2, 0.25) is 0 Å². The number of benzene rings is 1. The number of anilines is 1. The molecule has 0 spiro atoms. The molecule has 0 radical (unpaired) electrons. The van der Waals surface area contributed by atoms with Gasteiger partial charge in [-0.25, -0.2) is 9.97 Å². The smallest absolute Gasteiger partial charge is 0.223 e. The monoisotopic (exact) mass is 383 g/mol. The van der Waals surface area contributed by atoms with Gasteiger partial charge in [-0.15, -0.1) is 5.10 Å². The highest BCUT2D eigenvalue weighted by Gasteiger charge is 2.26. The van der Waals surface area contributed by atoms with E-state index < -0.39 is 0 Å². The van der Waals surface area contributed by atoms with Crippen molar-refractivity contribution in [2.45, 2.75) is 12.3 Å². The van der Waals surface area contributed by atoms with Gasteiger partial charge in [-0.2, -0.15) is 9.78 Å². The van der Waals surface area contributed by atoms with Crippen LogP contribution in [0.4, 0.5) is 5.95 Å². The second-order valence-corrected chi connectivity index (χ2v) is 6.85. The molecule has 1 fully saturated rings. The average Bonchev–Trinajstić information content (AvgIpc) is 3.44. The minimum absolute atomic E-state index is 0.134. The third kappa shape index (κ3) is 2.88. The van der Waals surface area contributed by atoms with E-state index in [-0.39, 0.29) is 11.9 Å². The lowest BCUT2D eigenvalue weighted by molar-refractivity contribution is 0.193. The van der Waals surface area contributed by atoms with Crippen LogP contribution in [0, 0.1) is 11.3 Å². The van der Waals surface area contributed by atoms with Crippen LogP contribution >= 0.6 is 0 Å². The number of pyridine rings is 1. The summed E-state index contributed by atoms with van der Waals surface area (Å²) in [7, 11) is 0. The molecule has 0 aliphatic carbocycles. The van der Waals surface area contributed by atoms with Crippen LogP contribution in [0.3, 0.4) is 0 Å². The van der Waals surface area contributed by atoms with Crippen molar-refractivity contribution in [2.24, 2.45) is 0 Å². The van der Waals surface area contributed by atoms with Crippen molar-refractivity contribution in [3.8, 4) is 28.5 Å². The van der Waals surface area contributed by atoms with Crippen molar-refractivity contribution >= 4 is 11.6 Å². The maximum atomic E-state index is 9.61. The van der Waals surface area contributed by atoms with Gasteiger partial charge in [-0.3, -0.25) is 4.98 Å². The predicted molar refractivity (Wildman–Crippen MR) is 107 cm³/mol. The van der Waals surface area contributed by atoms with Crippen LogP contribution in [0.1, 0.15) is 23.7 Å². The Hall–Kier alpha value is -3.83. The van der Waals surface area contributed by atoms with Gasteiger partial charge in [0, 0.05) is 30.5 Å². The molecule has 3 aromatic heterocycles. The summed E-state index contributed by atoms with van der Waals surface area (Å²) in [4.78, 5) is 13.6. The summed E-state index contributed by atoms with van der Waals surface area (Å²) < 4.78 is 7.07. The fourth-order valence-electron chi connectivity index (χ4n) is 3.65. The summed E-state index contributed by atoms with van der Waals surface area (Å²) in [6.45, 7) is 1.30. The van der Waals surface area contributed by atoms with Gasteiger partial charge in [0.1, 0.15) is 0 Å². The van der Waals surface area contributed by atoms with Crippen LogP contribution < -0.4 is 5.73 Å². The van der Waals surface area contributed by atoms with Gasteiger partial charge in [0.25, 0.3) is 0 Å². The van der Waals surface area contributed by atoms with Gasteiger partial charge in [0.2, 0.25) is 5.95 Å². The van der Waals surface area contributed by atoms with E-state index in [0.29, 0.717) is 41.5 Å². The molecule has 8 heteroatoms. The van der Waals surface area contributed by atoms with E-state index >= 15 is 0 Å². The van der Waals surface area contributed by atoms with E-state index in [1.165, 1.54) is 0 Å². The molecule has 1 unspecified atom stereocenters. The Morgan fingerprint density at radius 3 is 2.72 bits per heavy atom. The Balaban J connectivity index is 1.84. The number of nitrogen functional groups attached to an aromatic ring is 1. The molecule has 0 bridgehead atoms. The lowest BCUT2D eigenvalue weighted by Crippen LogP contribution is -2.06. The second-order valence-electron chi connectivity index (χ2n) is 6.85. The lowest BCUT2D eigenvalue weighted by Gasteiger charge is -2.12. The Morgan fingerprint density at radius 1 is 1.14 bits per heavy atom. The van der Waals surface area contributed by atoms with Gasteiger partial charge >= 0.3 is 0 Å². The number of nitrogens with two attached hydrogens (primary N) is 1. The number of hydrogen-bond donors (Lipinski definition) is 1. The Morgan fingerprint density at radius 2 is 1.97 bits per heavy atom. The Labute approximate surface area is 166 Å². The molecule has 1 saturated heterocycles. The van der Waals surface area contributed by atoms with Crippen molar-refractivity contribution in [3.63, 3.8) is 0 Å². The quantitative estimate of drug-likeness (QED) is 0.578. The van der Waals surface area contributed by atoms with E-state index in [1.807, 2.05) is 30.3 Å². The summed E-state index contributed by atoms with van der Waals surface area (Å²) >= 11 is 0. The molecule has 29 heavy (non-hydrogen) atoms. The minimum Gasteiger partial charge on any atom is -0.381 e. The average molecular weight is 383 g/mol. The Bertz CT molecular complexity index is 1240. The van der Waals surface area contributed by atoms with Crippen LogP contribution in [0.15, 0.2) is 48.8 Å². The van der Waals surface area contributed by atoms with Gasteiger partial charge in [0.15, 0.2) is 11.5 Å².